The van der Waals surface area contributed by atoms with Crippen molar-refractivity contribution in [1.29, 1.82) is 0 Å². The minimum atomic E-state index is -0.577. The van der Waals surface area contributed by atoms with E-state index < -0.39 is 17.6 Å². The Labute approximate surface area is 183 Å². The predicted molar refractivity (Wildman–Crippen MR) is 120 cm³/mol. The molecule has 0 fully saturated rings. The molecule has 7 heteroatoms. The molecule has 0 saturated heterocycles. The van der Waals surface area contributed by atoms with Crippen molar-refractivity contribution >= 4 is 35.4 Å². The maximum atomic E-state index is 14.6. The lowest BCUT2D eigenvalue weighted by molar-refractivity contribution is 0.0528. The van der Waals surface area contributed by atoms with Crippen LogP contribution < -0.4 is 4.31 Å². The van der Waals surface area contributed by atoms with E-state index in [0.717, 1.165) is 0 Å². The zero-order chi connectivity index (χ0) is 22.1. The largest absolute Gasteiger partial charge is 0.462 e. The molecular weight excluding hydrogens is 420 g/mol. The molecule has 0 N–H and O–H groups in total. The number of carbonyl (C=O) groups excluding carboxylic acids is 1. The van der Waals surface area contributed by atoms with Crippen LogP contribution in [0.25, 0.3) is 33.4 Å². The minimum Gasteiger partial charge on any atom is -0.462 e. The summed E-state index contributed by atoms with van der Waals surface area (Å²) >= 11 is 4.39. The Hall–Kier alpha value is -3.32. The standard InChI is InChI=1S/C24H19F2NO3S/c1-3-29-24(28)22-18-12-17(16-6-4-5-7-19(16)26)20(27(2)31)13-21(18)30-23(22)14-8-10-15(25)11-9-14/h4-13,31H,3H2,1-2H3. The number of nitrogens with zero attached hydrogens (tertiary/aromatic N) is 1. The molecule has 1 heterocycles. The average Bonchev–Trinajstić information content (AvgIpc) is 3.12. The highest BCUT2D eigenvalue weighted by molar-refractivity contribution is 7.81. The van der Waals surface area contributed by atoms with Gasteiger partial charge in [-0.15, -0.1) is 0 Å². The van der Waals surface area contributed by atoms with Gasteiger partial charge in [0.05, 0.1) is 12.3 Å². The van der Waals surface area contributed by atoms with Gasteiger partial charge in [-0.2, -0.15) is 0 Å². The fourth-order valence-corrected chi connectivity index (χ4v) is 3.67. The monoisotopic (exact) mass is 439 g/mol. The fourth-order valence-electron chi connectivity index (χ4n) is 3.51. The zero-order valence-electron chi connectivity index (χ0n) is 16.9. The number of hydrogen-bond acceptors (Lipinski definition) is 5. The van der Waals surface area contributed by atoms with E-state index in [2.05, 4.69) is 12.8 Å². The van der Waals surface area contributed by atoms with Gasteiger partial charge in [-0.05, 0) is 43.3 Å². The van der Waals surface area contributed by atoms with E-state index in [0.29, 0.717) is 33.3 Å². The maximum Gasteiger partial charge on any atom is 0.342 e. The second-order valence-electron chi connectivity index (χ2n) is 6.90. The van der Waals surface area contributed by atoms with Crippen molar-refractivity contribution < 1.29 is 22.7 Å². The van der Waals surface area contributed by atoms with Crippen molar-refractivity contribution in [3.05, 3.63) is 77.9 Å². The lowest BCUT2D eigenvalue weighted by atomic mass is 9.98. The van der Waals surface area contributed by atoms with E-state index in [-0.39, 0.29) is 17.9 Å². The molecular formula is C24H19F2NO3S. The van der Waals surface area contributed by atoms with E-state index >= 15 is 0 Å². The van der Waals surface area contributed by atoms with Gasteiger partial charge in [0, 0.05) is 35.2 Å². The summed E-state index contributed by atoms with van der Waals surface area (Å²) in [5, 5.41) is 0.468. The van der Waals surface area contributed by atoms with Crippen molar-refractivity contribution in [2.24, 2.45) is 0 Å². The molecule has 0 atom stereocenters. The molecule has 4 aromatic rings. The van der Waals surface area contributed by atoms with E-state index in [1.807, 2.05) is 0 Å². The highest BCUT2D eigenvalue weighted by atomic mass is 32.1. The molecule has 4 nitrogen and oxygen atoms in total. The molecule has 0 amide bonds. The number of esters is 1. The molecule has 0 saturated carbocycles. The third-order valence-corrected chi connectivity index (χ3v) is 5.12. The Morgan fingerprint density at radius 1 is 1.06 bits per heavy atom. The number of carbonyl (C=O) groups is 1. The number of furan rings is 1. The first-order valence-electron chi connectivity index (χ1n) is 9.61. The Morgan fingerprint density at radius 3 is 2.42 bits per heavy atom. The molecule has 1 aromatic heterocycles. The molecule has 31 heavy (non-hydrogen) atoms. The van der Waals surface area contributed by atoms with Crippen LogP contribution in [0, 0.1) is 11.6 Å². The van der Waals surface area contributed by atoms with Crippen molar-refractivity contribution in [1.82, 2.24) is 0 Å². The predicted octanol–water partition coefficient (Wildman–Crippen LogP) is 6.50. The summed E-state index contributed by atoms with van der Waals surface area (Å²) in [6, 6.07) is 15.4. The van der Waals surface area contributed by atoms with Crippen LogP contribution >= 0.6 is 12.8 Å². The third kappa shape index (κ3) is 3.88. The van der Waals surface area contributed by atoms with Crippen LogP contribution in [0.2, 0.25) is 0 Å². The van der Waals surface area contributed by atoms with Crippen molar-refractivity contribution in [3.8, 4) is 22.5 Å². The van der Waals surface area contributed by atoms with E-state index in [9.17, 15) is 13.6 Å². The molecule has 0 aliphatic rings. The quantitative estimate of drug-likeness (QED) is 0.285. The van der Waals surface area contributed by atoms with Gasteiger partial charge < -0.3 is 13.5 Å². The lowest BCUT2D eigenvalue weighted by Crippen LogP contribution is -2.06. The van der Waals surface area contributed by atoms with Crippen molar-refractivity contribution in [3.63, 3.8) is 0 Å². The van der Waals surface area contributed by atoms with Gasteiger partial charge in [-0.3, -0.25) is 0 Å². The van der Waals surface area contributed by atoms with Gasteiger partial charge in [-0.25, -0.2) is 13.6 Å². The van der Waals surface area contributed by atoms with Crippen LogP contribution in [0.4, 0.5) is 14.5 Å². The summed E-state index contributed by atoms with van der Waals surface area (Å²) in [6.45, 7) is 1.88. The molecule has 0 aliphatic heterocycles. The summed E-state index contributed by atoms with van der Waals surface area (Å²) in [5.74, 6) is -1.13. The van der Waals surface area contributed by atoms with E-state index in [1.54, 1.807) is 48.6 Å². The number of halogens is 2. The summed E-state index contributed by atoms with van der Waals surface area (Å²) < 4.78 is 40.9. The second kappa shape index (κ2) is 8.43. The number of thiol groups is 1. The van der Waals surface area contributed by atoms with Gasteiger partial charge in [0.25, 0.3) is 0 Å². The number of fused-ring (bicyclic) bond motifs is 1. The molecule has 0 radical (unpaired) electrons. The van der Waals surface area contributed by atoms with Gasteiger partial charge in [0.15, 0.2) is 0 Å². The lowest BCUT2D eigenvalue weighted by Gasteiger charge is -2.17. The summed E-state index contributed by atoms with van der Waals surface area (Å²) in [5.41, 5.74) is 2.62. The first-order chi connectivity index (χ1) is 14.9. The minimum absolute atomic E-state index is 0.173. The average molecular weight is 439 g/mol. The Bertz CT molecular complexity index is 1270. The van der Waals surface area contributed by atoms with E-state index in [1.165, 1.54) is 30.3 Å². The number of rotatable bonds is 5. The molecule has 0 bridgehead atoms. The molecule has 4 rings (SSSR count). The number of ether oxygens (including phenoxy) is 1. The maximum absolute atomic E-state index is 14.6. The summed E-state index contributed by atoms with van der Waals surface area (Å²) in [6.07, 6.45) is 0. The van der Waals surface area contributed by atoms with Crippen molar-refractivity contribution in [2.45, 2.75) is 6.92 Å². The van der Waals surface area contributed by atoms with Gasteiger partial charge in [0.1, 0.15) is 28.5 Å². The summed E-state index contributed by atoms with van der Waals surface area (Å²) in [4.78, 5) is 12.9. The Balaban J connectivity index is 2.05. The smallest absolute Gasteiger partial charge is 0.342 e. The Morgan fingerprint density at radius 2 is 1.77 bits per heavy atom. The normalized spacial score (nSPS) is 11.0. The number of benzene rings is 3. The topological polar surface area (TPSA) is 42.7 Å². The number of anilines is 1. The fraction of sp³-hybridized carbons (Fsp3) is 0.125. The number of hydrogen-bond donors (Lipinski definition) is 1. The highest BCUT2D eigenvalue weighted by Gasteiger charge is 2.26. The second-order valence-corrected chi connectivity index (χ2v) is 7.50. The van der Waals surface area contributed by atoms with Gasteiger partial charge in [-0.1, -0.05) is 31.0 Å². The molecule has 0 unspecified atom stereocenters. The highest BCUT2D eigenvalue weighted by Crippen LogP contribution is 2.41. The summed E-state index contributed by atoms with van der Waals surface area (Å²) in [7, 11) is 1.71. The molecule has 0 spiro atoms. The van der Waals surface area contributed by atoms with Crippen LogP contribution in [0.15, 0.2) is 65.1 Å². The van der Waals surface area contributed by atoms with Crippen LogP contribution in [0.5, 0.6) is 0 Å². The Kier molecular flexibility index (Phi) is 5.69. The SMILES string of the molecule is CCOC(=O)c1c(-c2ccc(F)cc2)oc2cc(N(C)S)c(-c3ccccc3F)cc12. The van der Waals surface area contributed by atoms with Crippen LogP contribution in [0.1, 0.15) is 17.3 Å². The molecule has 0 aliphatic carbocycles. The molecule has 158 valence electrons. The first-order valence-corrected chi connectivity index (χ1v) is 10.0. The third-order valence-electron chi connectivity index (χ3n) is 4.90. The van der Waals surface area contributed by atoms with Crippen molar-refractivity contribution in [2.75, 3.05) is 18.0 Å². The van der Waals surface area contributed by atoms with E-state index in [4.69, 9.17) is 9.15 Å². The zero-order valence-corrected chi connectivity index (χ0v) is 17.8. The van der Waals surface area contributed by atoms with Crippen LogP contribution in [-0.4, -0.2) is 19.6 Å². The van der Waals surface area contributed by atoms with Crippen LogP contribution in [-0.2, 0) is 4.74 Å². The van der Waals surface area contributed by atoms with Crippen LogP contribution in [0.3, 0.4) is 0 Å². The van der Waals surface area contributed by atoms with Gasteiger partial charge in [0.2, 0.25) is 0 Å². The van der Waals surface area contributed by atoms with Gasteiger partial charge >= 0.3 is 5.97 Å². The first kappa shape index (κ1) is 20.9. The molecule has 3 aromatic carbocycles.